The van der Waals surface area contributed by atoms with Gasteiger partial charge < -0.3 is 0 Å². The topological polar surface area (TPSA) is 71.8 Å². The third-order valence-corrected chi connectivity index (χ3v) is 2.30. The number of alkyl halides is 3. The molecule has 0 saturated carbocycles. The van der Waals surface area contributed by atoms with Crippen LogP contribution in [0.25, 0.3) is 11.1 Å². The van der Waals surface area contributed by atoms with E-state index in [9.17, 15) is 23.3 Å². The van der Waals surface area contributed by atoms with Crippen molar-refractivity contribution in [3.8, 4) is 11.1 Å². The molecule has 0 unspecified atom stereocenters. The molecule has 18 heavy (non-hydrogen) atoms. The molecule has 2 rings (SSSR count). The molecule has 2 aromatic rings. The molecule has 0 aliphatic heterocycles. The minimum Gasteiger partial charge on any atom is -0.284 e. The highest BCUT2D eigenvalue weighted by Crippen LogP contribution is 2.38. The summed E-state index contributed by atoms with van der Waals surface area (Å²) in [5.74, 6) is 0. The Labute approximate surface area is 98.4 Å². The van der Waals surface area contributed by atoms with E-state index < -0.39 is 22.5 Å². The van der Waals surface area contributed by atoms with Crippen molar-refractivity contribution in [2.75, 3.05) is 0 Å². The van der Waals surface area contributed by atoms with E-state index in [-0.39, 0.29) is 11.1 Å². The van der Waals surface area contributed by atoms with E-state index in [1.165, 1.54) is 18.2 Å². The predicted molar refractivity (Wildman–Crippen MR) is 55.7 cm³/mol. The van der Waals surface area contributed by atoms with Crippen LogP contribution in [-0.2, 0) is 6.18 Å². The number of hydrogen-bond acceptors (Lipinski definition) is 3. The minimum absolute atomic E-state index is 0.122. The highest BCUT2D eigenvalue weighted by molar-refractivity contribution is 5.74. The number of rotatable bonds is 2. The average Bonchev–Trinajstić information content (AvgIpc) is 2.77. The van der Waals surface area contributed by atoms with Gasteiger partial charge in [0.2, 0.25) is 0 Å². The van der Waals surface area contributed by atoms with Gasteiger partial charge in [-0.3, -0.25) is 15.2 Å². The smallest absolute Gasteiger partial charge is 0.284 e. The summed E-state index contributed by atoms with van der Waals surface area (Å²) >= 11 is 0. The van der Waals surface area contributed by atoms with E-state index in [0.29, 0.717) is 0 Å². The molecule has 1 aromatic carbocycles. The normalized spacial score (nSPS) is 11.5. The average molecular weight is 257 g/mol. The summed E-state index contributed by atoms with van der Waals surface area (Å²) in [6, 6.07) is 5.20. The SMILES string of the molecule is O=[N+]([O-])c1ccccc1-c1c[nH]nc1C(F)(F)F. The molecular weight excluding hydrogens is 251 g/mol. The summed E-state index contributed by atoms with van der Waals surface area (Å²) in [5, 5.41) is 15.9. The Kier molecular flexibility index (Phi) is 2.77. The molecule has 94 valence electrons. The van der Waals surface area contributed by atoms with Gasteiger partial charge in [-0.05, 0) is 6.07 Å². The Balaban J connectivity index is 2.64. The number of nitro groups is 1. The van der Waals surface area contributed by atoms with Gasteiger partial charge in [0.25, 0.3) is 5.69 Å². The van der Waals surface area contributed by atoms with Crippen LogP contribution in [0.1, 0.15) is 5.69 Å². The van der Waals surface area contributed by atoms with Crippen molar-refractivity contribution in [2.24, 2.45) is 0 Å². The molecule has 0 aliphatic carbocycles. The van der Waals surface area contributed by atoms with Crippen LogP contribution in [0.4, 0.5) is 18.9 Å². The molecule has 0 radical (unpaired) electrons. The lowest BCUT2D eigenvalue weighted by atomic mass is 10.0. The minimum atomic E-state index is -4.67. The van der Waals surface area contributed by atoms with Gasteiger partial charge in [-0.25, -0.2) is 0 Å². The summed E-state index contributed by atoms with van der Waals surface area (Å²) in [6.45, 7) is 0. The first-order valence-corrected chi connectivity index (χ1v) is 4.76. The number of aromatic amines is 1. The van der Waals surface area contributed by atoms with Crippen LogP contribution < -0.4 is 0 Å². The van der Waals surface area contributed by atoms with Crippen LogP contribution >= 0.6 is 0 Å². The van der Waals surface area contributed by atoms with E-state index in [0.717, 1.165) is 12.3 Å². The number of benzene rings is 1. The third-order valence-electron chi connectivity index (χ3n) is 2.30. The molecule has 0 aliphatic rings. The van der Waals surface area contributed by atoms with Crippen molar-refractivity contribution in [1.29, 1.82) is 0 Å². The van der Waals surface area contributed by atoms with Crippen molar-refractivity contribution >= 4 is 5.69 Å². The Hall–Kier alpha value is -2.38. The lowest BCUT2D eigenvalue weighted by molar-refractivity contribution is -0.384. The Morgan fingerprint density at radius 2 is 1.89 bits per heavy atom. The third kappa shape index (κ3) is 2.04. The van der Waals surface area contributed by atoms with E-state index in [4.69, 9.17) is 0 Å². The van der Waals surface area contributed by atoms with Crippen LogP contribution in [-0.4, -0.2) is 15.1 Å². The molecule has 8 heteroatoms. The van der Waals surface area contributed by atoms with Gasteiger partial charge in [0.1, 0.15) is 0 Å². The standard InChI is InChI=1S/C10H6F3N3O2/c11-10(12,13)9-7(5-14-15-9)6-3-1-2-4-8(6)16(17)18/h1-5H,(H,14,15). The van der Waals surface area contributed by atoms with Gasteiger partial charge in [0.05, 0.1) is 10.5 Å². The maximum atomic E-state index is 12.6. The first-order valence-electron chi connectivity index (χ1n) is 4.76. The first-order chi connectivity index (χ1) is 8.41. The Bertz CT molecular complexity index is 592. The molecule has 0 atom stereocenters. The molecule has 0 saturated heterocycles. The van der Waals surface area contributed by atoms with Crippen molar-refractivity contribution in [3.63, 3.8) is 0 Å². The van der Waals surface area contributed by atoms with Crippen LogP contribution in [0, 0.1) is 10.1 Å². The molecule has 1 heterocycles. The van der Waals surface area contributed by atoms with Gasteiger partial charge in [0.15, 0.2) is 5.69 Å². The fourth-order valence-electron chi connectivity index (χ4n) is 1.57. The molecule has 1 aromatic heterocycles. The number of H-pyrrole nitrogens is 1. The van der Waals surface area contributed by atoms with Gasteiger partial charge in [-0.1, -0.05) is 12.1 Å². The monoisotopic (exact) mass is 257 g/mol. The molecule has 1 N–H and O–H groups in total. The number of nitrogens with one attached hydrogen (secondary N) is 1. The zero-order chi connectivity index (χ0) is 13.3. The Morgan fingerprint density at radius 1 is 1.22 bits per heavy atom. The number of nitro benzene ring substituents is 1. The van der Waals surface area contributed by atoms with Crippen LogP contribution in [0.15, 0.2) is 30.5 Å². The van der Waals surface area contributed by atoms with Crippen molar-refractivity contribution < 1.29 is 18.1 Å². The summed E-state index contributed by atoms with van der Waals surface area (Å²) in [6.07, 6.45) is -3.68. The summed E-state index contributed by atoms with van der Waals surface area (Å²) in [5.41, 5.74) is -2.03. The van der Waals surface area contributed by atoms with Crippen molar-refractivity contribution in [3.05, 3.63) is 46.3 Å². The van der Waals surface area contributed by atoms with Crippen LogP contribution in [0.3, 0.4) is 0 Å². The van der Waals surface area contributed by atoms with E-state index >= 15 is 0 Å². The van der Waals surface area contributed by atoms with Gasteiger partial charge >= 0.3 is 6.18 Å². The lowest BCUT2D eigenvalue weighted by Gasteiger charge is -2.06. The highest BCUT2D eigenvalue weighted by atomic mass is 19.4. The van der Waals surface area contributed by atoms with E-state index in [2.05, 4.69) is 10.2 Å². The number of hydrogen-bond donors (Lipinski definition) is 1. The second-order valence-electron chi connectivity index (χ2n) is 3.42. The van der Waals surface area contributed by atoms with Crippen LogP contribution in [0.5, 0.6) is 0 Å². The van der Waals surface area contributed by atoms with Crippen molar-refractivity contribution in [1.82, 2.24) is 10.2 Å². The molecule has 0 fully saturated rings. The summed E-state index contributed by atoms with van der Waals surface area (Å²) < 4.78 is 37.9. The number of nitrogens with zero attached hydrogens (tertiary/aromatic N) is 2. The second kappa shape index (κ2) is 4.13. The van der Waals surface area contributed by atoms with Gasteiger partial charge in [-0.2, -0.15) is 18.3 Å². The van der Waals surface area contributed by atoms with E-state index in [1.807, 2.05) is 0 Å². The number of para-hydroxylation sites is 1. The number of halogens is 3. The Morgan fingerprint density at radius 3 is 2.50 bits per heavy atom. The maximum Gasteiger partial charge on any atom is 0.435 e. The summed E-state index contributed by atoms with van der Waals surface area (Å²) in [7, 11) is 0. The maximum absolute atomic E-state index is 12.6. The predicted octanol–water partition coefficient (Wildman–Crippen LogP) is 3.00. The first kappa shape index (κ1) is 12.1. The zero-order valence-corrected chi connectivity index (χ0v) is 8.73. The highest BCUT2D eigenvalue weighted by Gasteiger charge is 2.38. The quantitative estimate of drug-likeness (QED) is 0.664. The van der Waals surface area contributed by atoms with E-state index in [1.54, 1.807) is 0 Å². The molecule has 0 amide bonds. The van der Waals surface area contributed by atoms with Gasteiger partial charge in [0, 0.05) is 17.8 Å². The fraction of sp³-hybridized carbons (Fsp3) is 0.100. The molecule has 0 spiro atoms. The second-order valence-corrected chi connectivity index (χ2v) is 3.42. The fourth-order valence-corrected chi connectivity index (χ4v) is 1.57. The zero-order valence-electron chi connectivity index (χ0n) is 8.73. The molecule has 0 bridgehead atoms. The summed E-state index contributed by atoms with van der Waals surface area (Å²) in [4.78, 5) is 10.0. The van der Waals surface area contributed by atoms with Crippen molar-refractivity contribution in [2.45, 2.75) is 6.18 Å². The lowest BCUT2D eigenvalue weighted by Crippen LogP contribution is -2.07. The molecule has 5 nitrogen and oxygen atoms in total. The van der Waals surface area contributed by atoms with Crippen LogP contribution in [0.2, 0.25) is 0 Å². The molecular formula is C10H6F3N3O2. The van der Waals surface area contributed by atoms with Gasteiger partial charge in [-0.15, -0.1) is 0 Å². The number of aromatic nitrogens is 2. The largest absolute Gasteiger partial charge is 0.435 e.